The van der Waals surface area contributed by atoms with Crippen molar-refractivity contribution in [2.45, 2.75) is 77.0 Å². The molecule has 2 aliphatic heterocycles. The Kier molecular flexibility index (Phi) is 11.6. The molecule has 0 aromatic heterocycles. The number of ketones is 1. The Morgan fingerprint density at radius 3 is 2.35 bits per heavy atom. The van der Waals surface area contributed by atoms with Crippen molar-refractivity contribution in [3.05, 3.63) is 102 Å². The summed E-state index contributed by atoms with van der Waals surface area (Å²) in [7, 11) is 2.16. The number of para-hydroxylation sites is 2. The number of benzene rings is 2. The molecule has 0 radical (unpaired) electrons. The Bertz CT molecular complexity index is 1470. The van der Waals surface area contributed by atoms with Crippen LogP contribution in [0, 0.1) is 0 Å². The molecule has 1 amide bonds. The van der Waals surface area contributed by atoms with Crippen LogP contribution in [0.4, 0.5) is 11.4 Å². The van der Waals surface area contributed by atoms with Crippen LogP contribution in [0.25, 0.3) is 0 Å². The molecule has 0 atom stereocenters. The number of rotatable bonds is 13. The SMILES string of the molecule is C=C=CC(=O)CCCNC(=O)CCCCCN1C(=CC=CC2=[N+](C)c3ccccc3C2(C)C)C(C)(C)c2ccccc21.[Cl-]. The van der Waals surface area contributed by atoms with Crippen molar-refractivity contribution in [2.24, 2.45) is 0 Å². The number of carbonyl (C=O) groups excluding carboxylic acids is 2. The lowest BCUT2D eigenvalue weighted by molar-refractivity contribution is -0.401. The van der Waals surface area contributed by atoms with Gasteiger partial charge in [0.1, 0.15) is 7.05 Å². The molecule has 6 heteroatoms. The minimum atomic E-state index is -0.103. The maximum absolute atomic E-state index is 12.2. The summed E-state index contributed by atoms with van der Waals surface area (Å²) in [6.45, 7) is 14.1. The highest BCUT2D eigenvalue weighted by atomic mass is 35.5. The number of anilines is 1. The fraction of sp³-hybridized carbons (Fsp3) is 0.405. The van der Waals surface area contributed by atoms with Crippen LogP contribution in [-0.4, -0.2) is 42.1 Å². The fourth-order valence-corrected chi connectivity index (χ4v) is 6.41. The molecule has 228 valence electrons. The van der Waals surface area contributed by atoms with Gasteiger partial charge in [0, 0.05) is 66.5 Å². The van der Waals surface area contributed by atoms with Crippen molar-refractivity contribution >= 4 is 28.8 Å². The van der Waals surface area contributed by atoms with Crippen LogP contribution in [-0.2, 0) is 20.4 Å². The second-order valence-electron chi connectivity index (χ2n) is 12.4. The van der Waals surface area contributed by atoms with E-state index in [0.717, 1.165) is 25.8 Å². The number of carbonyl (C=O) groups is 2. The van der Waals surface area contributed by atoms with Crippen LogP contribution in [0.3, 0.4) is 0 Å². The summed E-state index contributed by atoms with van der Waals surface area (Å²) in [6.07, 6.45) is 12.5. The lowest BCUT2D eigenvalue weighted by atomic mass is 9.81. The lowest BCUT2D eigenvalue weighted by Gasteiger charge is -2.27. The maximum Gasteiger partial charge on any atom is 0.219 e. The summed E-state index contributed by atoms with van der Waals surface area (Å²) in [5.41, 5.74) is 10.2. The van der Waals surface area contributed by atoms with Gasteiger partial charge in [0.25, 0.3) is 0 Å². The standard InChI is InChI=1S/C37H45N3O2.ClH/c1-7-17-28(41)18-16-26-38-35(42)25-9-8-14-27-40-32-22-13-11-20-30(32)37(4,5)34(40)24-15-23-33-36(2,3)29-19-10-12-21-31(29)39(33)6;/h10-13,15,17,19-24H,1,8-9,14,16,18,25-27H2,2-6H3;1H. The molecule has 2 aliphatic rings. The zero-order valence-electron chi connectivity index (χ0n) is 26.4. The number of fused-ring (bicyclic) bond motifs is 2. The summed E-state index contributed by atoms with van der Waals surface area (Å²) in [6, 6.07) is 17.4. The minimum Gasteiger partial charge on any atom is -1.00 e. The molecule has 0 saturated carbocycles. The number of nitrogens with one attached hydrogen (secondary N) is 1. The van der Waals surface area contributed by atoms with Gasteiger partial charge in [-0.05, 0) is 50.8 Å². The number of hydrogen-bond acceptors (Lipinski definition) is 3. The van der Waals surface area contributed by atoms with Crippen LogP contribution in [0.5, 0.6) is 0 Å². The molecular formula is C37H46ClN3O2. The summed E-state index contributed by atoms with van der Waals surface area (Å²) in [5, 5.41) is 2.93. The van der Waals surface area contributed by atoms with Crippen molar-refractivity contribution in [3.63, 3.8) is 0 Å². The van der Waals surface area contributed by atoms with E-state index in [9.17, 15) is 9.59 Å². The first kappa shape index (κ1) is 33.8. The van der Waals surface area contributed by atoms with Crippen LogP contribution in [0.15, 0.2) is 90.8 Å². The smallest absolute Gasteiger partial charge is 0.219 e. The molecule has 2 aromatic carbocycles. The fourth-order valence-electron chi connectivity index (χ4n) is 6.41. The summed E-state index contributed by atoms with van der Waals surface area (Å²) >= 11 is 0. The molecule has 4 rings (SSSR count). The molecule has 1 N–H and O–H groups in total. The minimum absolute atomic E-state index is 0. The second-order valence-corrected chi connectivity index (χ2v) is 12.4. The molecule has 0 spiro atoms. The molecule has 0 bridgehead atoms. The third-order valence-electron chi connectivity index (χ3n) is 8.72. The van der Waals surface area contributed by atoms with E-state index < -0.39 is 0 Å². The zero-order valence-corrected chi connectivity index (χ0v) is 27.1. The van der Waals surface area contributed by atoms with Crippen LogP contribution in [0.2, 0.25) is 0 Å². The number of allylic oxidation sites excluding steroid dienone is 5. The van der Waals surface area contributed by atoms with Crippen molar-refractivity contribution in [3.8, 4) is 0 Å². The van der Waals surface area contributed by atoms with Gasteiger partial charge in [0.2, 0.25) is 11.6 Å². The van der Waals surface area contributed by atoms with E-state index in [1.807, 2.05) is 0 Å². The number of nitrogens with zero attached hydrogens (tertiary/aromatic N) is 2. The lowest BCUT2D eigenvalue weighted by Crippen LogP contribution is -3.00. The molecule has 0 unspecified atom stereocenters. The summed E-state index contributed by atoms with van der Waals surface area (Å²) < 4.78 is 2.31. The predicted molar refractivity (Wildman–Crippen MR) is 174 cm³/mol. The average molecular weight is 600 g/mol. The number of halogens is 1. The van der Waals surface area contributed by atoms with E-state index >= 15 is 0 Å². The first-order chi connectivity index (χ1) is 20.1. The first-order valence-electron chi connectivity index (χ1n) is 15.2. The highest BCUT2D eigenvalue weighted by Gasteiger charge is 2.43. The highest BCUT2D eigenvalue weighted by Crippen LogP contribution is 2.47. The molecular weight excluding hydrogens is 554 g/mol. The molecule has 0 saturated heterocycles. The maximum atomic E-state index is 12.2. The zero-order chi connectivity index (χ0) is 30.3. The van der Waals surface area contributed by atoms with Gasteiger partial charge in [-0.2, -0.15) is 4.58 Å². The van der Waals surface area contributed by atoms with Crippen molar-refractivity contribution in [1.29, 1.82) is 0 Å². The average Bonchev–Trinajstić information content (AvgIpc) is 3.30. The molecule has 2 aromatic rings. The van der Waals surface area contributed by atoms with Gasteiger partial charge >= 0.3 is 0 Å². The molecule has 0 fully saturated rings. The Hall–Kier alpha value is -3.66. The van der Waals surface area contributed by atoms with Crippen LogP contribution >= 0.6 is 0 Å². The normalized spacial score (nSPS) is 17.0. The van der Waals surface area contributed by atoms with Crippen LogP contribution in [0.1, 0.15) is 77.3 Å². The van der Waals surface area contributed by atoms with Crippen molar-refractivity contribution in [2.75, 3.05) is 25.0 Å². The van der Waals surface area contributed by atoms with E-state index in [-0.39, 0.29) is 34.9 Å². The second kappa shape index (κ2) is 14.7. The van der Waals surface area contributed by atoms with E-state index in [2.05, 4.69) is 129 Å². The summed E-state index contributed by atoms with van der Waals surface area (Å²) in [5.74, 6) is 0.0494. The van der Waals surface area contributed by atoms with E-state index in [4.69, 9.17) is 0 Å². The third kappa shape index (κ3) is 7.47. The topological polar surface area (TPSA) is 52.4 Å². The summed E-state index contributed by atoms with van der Waals surface area (Å²) in [4.78, 5) is 26.2. The Morgan fingerprint density at radius 1 is 0.930 bits per heavy atom. The van der Waals surface area contributed by atoms with Gasteiger partial charge in [-0.1, -0.05) is 69.3 Å². The highest BCUT2D eigenvalue weighted by molar-refractivity contribution is 6.03. The third-order valence-corrected chi connectivity index (χ3v) is 8.72. The predicted octanol–water partition coefficient (Wildman–Crippen LogP) is 4.30. The van der Waals surface area contributed by atoms with Crippen LogP contribution < -0.4 is 22.6 Å². The Labute approximate surface area is 264 Å². The first-order valence-corrected chi connectivity index (χ1v) is 15.2. The Morgan fingerprint density at radius 2 is 1.63 bits per heavy atom. The van der Waals surface area contributed by atoms with Gasteiger partial charge in [0.05, 0.1) is 5.41 Å². The number of hydrogen-bond donors (Lipinski definition) is 1. The Balaban J connectivity index is 0.00000506. The van der Waals surface area contributed by atoms with E-state index in [0.29, 0.717) is 25.8 Å². The van der Waals surface area contributed by atoms with Gasteiger partial charge in [-0.25, -0.2) is 0 Å². The van der Waals surface area contributed by atoms with Crippen molar-refractivity contribution in [1.82, 2.24) is 5.32 Å². The molecule has 2 heterocycles. The quantitative estimate of drug-likeness (QED) is 0.162. The number of amides is 1. The monoisotopic (exact) mass is 599 g/mol. The molecule has 0 aliphatic carbocycles. The van der Waals surface area contributed by atoms with E-state index in [1.54, 1.807) is 0 Å². The molecule has 43 heavy (non-hydrogen) atoms. The van der Waals surface area contributed by atoms with Gasteiger partial charge in [-0.3, -0.25) is 9.59 Å². The van der Waals surface area contributed by atoms with Crippen molar-refractivity contribution < 1.29 is 26.6 Å². The van der Waals surface area contributed by atoms with E-state index in [1.165, 1.54) is 40.0 Å². The van der Waals surface area contributed by atoms with Gasteiger partial charge < -0.3 is 22.6 Å². The molecule has 5 nitrogen and oxygen atoms in total. The van der Waals surface area contributed by atoms with Gasteiger partial charge in [0.15, 0.2) is 11.5 Å². The van der Waals surface area contributed by atoms with Gasteiger partial charge in [-0.15, -0.1) is 5.73 Å². The number of unbranched alkanes of at least 4 members (excludes halogenated alkanes) is 2. The largest absolute Gasteiger partial charge is 1.00 e.